The number of nitrogens with zero attached hydrogens (tertiary/aromatic N) is 5. The van der Waals surface area contributed by atoms with Crippen LogP contribution in [0.5, 0.6) is 0 Å². The maximum absolute atomic E-state index is 4.52. The van der Waals surface area contributed by atoms with E-state index < -0.39 is 0 Å². The van der Waals surface area contributed by atoms with Crippen LogP contribution < -0.4 is 5.32 Å². The van der Waals surface area contributed by atoms with Gasteiger partial charge in [-0.1, -0.05) is 42.0 Å². The number of aryl methyl sites for hydroxylation is 1. The maximum atomic E-state index is 4.52. The Morgan fingerprint density at radius 2 is 1.93 bits per heavy atom. The van der Waals surface area contributed by atoms with Crippen LogP contribution in [-0.2, 0) is 7.05 Å². The average molecular weight is 508 g/mol. The van der Waals surface area contributed by atoms with Crippen molar-refractivity contribution in [3.8, 4) is 0 Å². The van der Waals surface area contributed by atoms with Crippen LogP contribution >= 0.6 is 24.0 Å². The molecule has 0 bridgehead atoms. The van der Waals surface area contributed by atoms with Crippen molar-refractivity contribution in [3.63, 3.8) is 0 Å². The standard InChI is InChI=1S/C22H32N6.HI/c1-23-22(24-16-21(26(2)3)20-15-25-27(4)17-20)28-12-10-19(11-13-28)14-18-8-6-5-7-9-18;/h5-9,14-15,17,21H,10-13,16H2,1-4H3,(H,23,24);1H. The second kappa shape index (κ2) is 11.3. The van der Waals surface area contributed by atoms with E-state index in [1.807, 2.05) is 25.0 Å². The summed E-state index contributed by atoms with van der Waals surface area (Å²) in [6.45, 7) is 2.80. The highest BCUT2D eigenvalue weighted by Gasteiger charge is 2.20. The van der Waals surface area contributed by atoms with Gasteiger partial charge in [0.05, 0.1) is 12.2 Å². The first kappa shape index (κ1) is 23.4. The van der Waals surface area contributed by atoms with Gasteiger partial charge in [0.2, 0.25) is 0 Å². The Kier molecular flexibility index (Phi) is 9.16. The first-order valence-corrected chi connectivity index (χ1v) is 9.92. The molecule has 0 spiro atoms. The molecule has 0 aliphatic carbocycles. The molecule has 1 unspecified atom stereocenters. The van der Waals surface area contributed by atoms with Gasteiger partial charge >= 0.3 is 0 Å². The van der Waals surface area contributed by atoms with Crippen LogP contribution in [0.25, 0.3) is 6.08 Å². The molecule has 1 aromatic carbocycles. The molecule has 1 N–H and O–H groups in total. The first-order valence-electron chi connectivity index (χ1n) is 9.92. The van der Waals surface area contributed by atoms with Crippen LogP contribution in [0.15, 0.2) is 53.3 Å². The summed E-state index contributed by atoms with van der Waals surface area (Å²) in [5, 5.41) is 7.89. The number of likely N-dealkylation sites (tertiary alicyclic amines) is 1. The van der Waals surface area contributed by atoms with Crippen molar-refractivity contribution in [2.45, 2.75) is 18.9 Å². The number of guanidine groups is 1. The molecule has 0 saturated carbocycles. The lowest BCUT2D eigenvalue weighted by Gasteiger charge is -2.33. The third-order valence-corrected chi connectivity index (χ3v) is 5.27. The summed E-state index contributed by atoms with van der Waals surface area (Å²) in [5.74, 6) is 0.981. The van der Waals surface area contributed by atoms with Crippen LogP contribution in [0.2, 0.25) is 0 Å². The molecule has 7 heteroatoms. The number of aromatic nitrogens is 2. The van der Waals surface area contributed by atoms with E-state index in [0.717, 1.165) is 38.4 Å². The predicted octanol–water partition coefficient (Wildman–Crippen LogP) is 3.40. The van der Waals surface area contributed by atoms with Gasteiger partial charge < -0.3 is 15.1 Å². The minimum absolute atomic E-state index is 0. The first-order chi connectivity index (χ1) is 13.6. The number of hydrogen-bond donors (Lipinski definition) is 1. The maximum Gasteiger partial charge on any atom is 0.193 e. The number of hydrogen-bond acceptors (Lipinski definition) is 3. The fourth-order valence-corrected chi connectivity index (χ4v) is 3.67. The largest absolute Gasteiger partial charge is 0.354 e. The highest BCUT2D eigenvalue weighted by molar-refractivity contribution is 14.0. The molecule has 1 saturated heterocycles. The molecular formula is C22H33IN6. The van der Waals surface area contributed by atoms with Crippen molar-refractivity contribution < 1.29 is 0 Å². The number of nitrogens with one attached hydrogen (secondary N) is 1. The molecule has 2 heterocycles. The fraction of sp³-hybridized carbons (Fsp3) is 0.455. The van der Waals surface area contributed by atoms with E-state index in [9.17, 15) is 0 Å². The molecule has 2 aromatic rings. The Labute approximate surface area is 191 Å². The highest BCUT2D eigenvalue weighted by atomic mass is 127. The van der Waals surface area contributed by atoms with Gasteiger partial charge in [0.15, 0.2) is 5.96 Å². The van der Waals surface area contributed by atoms with Crippen LogP contribution in [0.1, 0.15) is 30.0 Å². The van der Waals surface area contributed by atoms with Crippen LogP contribution in [0.4, 0.5) is 0 Å². The van der Waals surface area contributed by atoms with E-state index >= 15 is 0 Å². The fourth-order valence-electron chi connectivity index (χ4n) is 3.67. The van der Waals surface area contributed by atoms with Gasteiger partial charge in [-0.2, -0.15) is 5.10 Å². The quantitative estimate of drug-likeness (QED) is 0.382. The zero-order chi connectivity index (χ0) is 19.9. The zero-order valence-electron chi connectivity index (χ0n) is 17.9. The van der Waals surface area contributed by atoms with Crippen LogP contribution in [0, 0.1) is 0 Å². The number of piperidine rings is 1. The van der Waals surface area contributed by atoms with Gasteiger partial charge in [0.1, 0.15) is 0 Å². The summed E-state index contributed by atoms with van der Waals surface area (Å²) < 4.78 is 1.85. The van der Waals surface area contributed by atoms with E-state index in [0.29, 0.717) is 0 Å². The SMILES string of the molecule is CN=C(NCC(c1cnn(C)c1)N(C)C)N1CCC(=Cc2ccccc2)CC1.I. The third kappa shape index (κ3) is 6.57. The normalized spacial score (nSPS) is 15.8. The smallest absolute Gasteiger partial charge is 0.193 e. The molecule has 1 atom stereocenters. The summed E-state index contributed by atoms with van der Waals surface area (Å²) in [6, 6.07) is 10.8. The summed E-state index contributed by atoms with van der Waals surface area (Å²) >= 11 is 0. The lowest BCUT2D eigenvalue weighted by Crippen LogP contribution is -2.46. The van der Waals surface area contributed by atoms with E-state index in [1.54, 1.807) is 0 Å². The summed E-state index contributed by atoms with van der Waals surface area (Å²) in [4.78, 5) is 9.10. The number of rotatable bonds is 5. The van der Waals surface area contributed by atoms with Gasteiger partial charge in [-0.05, 0) is 32.5 Å². The van der Waals surface area contributed by atoms with E-state index in [4.69, 9.17) is 0 Å². The molecule has 1 aliphatic heterocycles. The number of halogens is 1. The summed E-state index contributed by atoms with van der Waals surface area (Å²) in [6.07, 6.45) is 8.51. The van der Waals surface area contributed by atoms with Gasteiger partial charge in [-0.3, -0.25) is 9.67 Å². The molecule has 3 rings (SSSR count). The number of benzene rings is 1. The Morgan fingerprint density at radius 1 is 1.24 bits per heavy atom. The molecule has 1 aromatic heterocycles. The van der Waals surface area contributed by atoms with Gasteiger partial charge in [0.25, 0.3) is 0 Å². The average Bonchev–Trinajstić information content (AvgIpc) is 3.12. The molecule has 29 heavy (non-hydrogen) atoms. The van der Waals surface area contributed by atoms with Crippen molar-refractivity contribution >= 4 is 36.0 Å². The third-order valence-electron chi connectivity index (χ3n) is 5.27. The van der Waals surface area contributed by atoms with Gasteiger partial charge in [-0.25, -0.2) is 0 Å². The Hall–Kier alpha value is -1.87. The van der Waals surface area contributed by atoms with Crippen molar-refractivity contribution in [2.75, 3.05) is 40.8 Å². The van der Waals surface area contributed by atoms with Crippen molar-refractivity contribution in [2.24, 2.45) is 12.0 Å². The Balaban J connectivity index is 0.00000300. The van der Waals surface area contributed by atoms with E-state index in [-0.39, 0.29) is 30.0 Å². The molecule has 1 fully saturated rings. The summed E-state index contributed by atoms with van der Waals surface area (Å²) in [7, 11) is 8.02. The van der Waals surface area contributed by atoms with E-state index in [1.165, 1.54) is 16.7 Å². The summed E-state index contributed by atoms with van der Waals surface area (Å²) in [5.41, 5.74) is 4.01. The van der Waals surface area contributed by atoms with Crippen LogP contribution in [-0.4, -0.2) is 66.3 Å². The molecule has 0 amide bonds. The monoisotopic (exact) mass is 508 g/mol. The van der Waals surface area contributed by atoms with Crippen molar-refractivity contribution in [1.29, 1.82) is 0 Å². The lowest BCUT2D eigenvalue weighted by molar-refractivity contribution is 0.292. The minimum Gasteiger partial charge on any atom is -0.354 e. The zero-order valence-corrected chi connectivity index (χ0v) is 20.2. The number of likely N-dealkylation sites (N-methyl/N-ethyl adjacent to an activating group) is 1. The molecular weight excluding hydrogens is 475 g/mol. The highest BCUT2D eigenvalue weighted by Crippen LogP contribution is 2.20. The molecule has 0 radical (unpaired) electrons. The van der Waals surface area contributed by atoms with Crippen molar-refractivity contribution in [3.05, 3.63) is 59.4 Å². The second-order valence-electron chi connectivity index (χ2n) is 7.56. The van der Waals surface area contributed by atoms with Crippen LogP contribution in [0.3, 0.4) is 0 Å². The van der Waals surface area contributed by atoms with Crippen molar-refractivity contribution in [1.82, 2.24) is 24.9 Å². The molecule has 158 valence electrons. The Bertz CT molecular complexity index is 802. The van der Waals surface area contributed by atoms with Gasteiger partial charge in [-0.15, -0.1) is 24.0 Å². The minimum atomic E-state index is 0. The molecule has 1 aliphatic rings. The second-order valence-corrected chi connectivity index (χ2v) is 7.56. The lowest BCUT2D eigenvalue weighted by atomic mass is 10.0. The predicted molar refractivity (Wildman–Crippen MR) is 132 cm³/mol. The Morgan fingerprint density at radius 3 is 2.48 bits per heavy atom. The molecule has 6 nitrogen and oxygen atoms in total. The van der Waals surface area contributed by atoms with E-state index in [2.05, 4.69) is 81.9 Å². The van der Waals surface area contributed by atoms with Gasteiger partial charge in [0, 0.05) is 45.5 Å². The number of aliphatic imine (C=N–C) groups is 1. The topological polar surface area (TPSA) is 48.7 Å².